The van der Waals surface area contributed by atoms with Gasteiger partial charge in [-0.05, 0) is 30.7 Å². The Labute approximate surface area is 169 Å². The van der Waals surface area contributed by atoms with Crippen molar-refractivity contribution in [2.24, 2.45) is 0 Å². The second-order valence-corrected chi connectivity index (χ2v) is 7.43. The Morgan fingerprint density at radius 1 is 1.21 bits per heavy atom. The van der Waals surface area contributed by atoms with Crippen molar-refractivity contribution in [2.45, 2.75) is 18.4 Å². The molecular formula is C19H19N5O4S. The number of anilines is 1. The summed E-state index contributed by atoms with van der Waals surface area (Å²) in [5, 5.41) is 8.85. The number of nitrogens with one attached hydrogen (secondary N) is 1. The number of aryl methyl sites for hydroxylation is 1. The molecule has 0 bridgehead atoms. The zero-order chi connectivity index (χ0) is 20.4. The third kappa shape index (κ3) is 3.84. The molecule has 3 heterocycles. The van der Waals surface area contributed by atoms with Gasteiger partial charge in [0.1, 0.15) is 22.5 Å². The molecule has 1 unspecified atom stereocenters. The van der Waals surface area contributed by atoms with Crippen LogP contribution in [0.4, 0.5) is 5.82 Å². The zero-order valence-corrected chi connectivity index (χ0v) is 16.9. The van der Waals surface area contributed by atoms with Crippen LogP contribution in [-0.2, 0) is 17.9 Å². The maximum Gasteiger partial charge on any atom is 0.239 e. The Bertz CT molecular complexity index is 1130. The number of hydrogen-bond donors (Lipinski definition) is 1. The average Bonchev–Trinajstić information content (AvgIpc) is 3.37. The van der Waals surface area contributed by atoms with Crippen LogP contribution in [0.15, 0.2) is 52.3 Å². The van der Waals surface area contributed by atoms with Crippen molar-refractivity contribution in [1.29, 1.82) is 0 Å². The molecule has 1 N–H and O–H groups in total. The Balaban J connectivity index is 1.66. The van der Waals surface area contributed by atoms with E-state index in [1.54, 1.807) is 24.1 Å². The second-order valence-electron chi connectivity index (χ2n) is 6.25. The Kier molecular flexibility index (Phi) is 5.28. The van der Waals surface area contributed by atoms with Gasteiger partial charge in [0.2, 0.25) is 10.7 Å². The van der Waals surface area contributed by atoms with Crippen LogP contribution >= 0.6 is 0 Å². The molecule has 0 spiro atoms. The molecule has 10 heteroatoms. The number of aromatic nitrogens is 4. The van der Waals surface area contributed by atoms with Gasteiger partial charge in [0.05, 0.1) is 27.0 Å². The van der Waals surface area contributed by atoms with Crippen LogP contribution in [0.5, 0.6) is 11.5 Å². The molecule has 1 atom stereocenters. The highest BCUT2D eigenvalue weighted by Gasteiger charge is 2.24. The predicted octanol–water partition coefficient (Wildman–Crippen LogP) is 2.93. The normalized spacial score (nSPS) is 12.1. The van der Waals surface area contributed by atoms with Crippen LogP contribution in [0.1, 0.15) is 11.3 Å². The first kappa shape index (κ1) is 19.1. The summed E-state index contributed by atoms with van der Waals surface area (Å²) in [6.45, 7) is 2.39. The van der Waals surface area contributed by atoms with Crippen molar-refractivity contribution in [1.82, 2.24) is 19.9 Å². The molecule has 150 valence electrons. The second kappa shape index (κ2) is 8.02. The zero-order valence-electron chi connectivity index (χ0n) is 16.1. The van der Waals surface area contributed by atoms with Crippen molar-refractivity contribution in [2.75, 3.05) is 18.9 Å². The fourth-order valence-corrected chi connectivity index (χ4v) is 3.86. The van der Waals surface area contributed by atoms with E-state index in [-0.39, 0.29) is 0 Å². The van der Waals surface area contributed by atoms with Crippen molar-refractivity contribution >= 4 is 28.1 Å². The molecule has 9 nitrogen and oxygen atoms in total. The quantitative estimate of drug-likeness (QED) is 0.461. The molecule has 3 aromatic heterocycles. The fourth-order valence-electron chi connectivity index (χ4n) is 2.96. The molecule has 0 amide bonds. The largest absolute Gasteiger partial charge is 0.588 e. The number of rotatable bonds is 7. The first-order valence-corrected chi connectivity index (χ1v) is 9.87. The third-order valence-electron chi connectivity index (χ3n) is 4.30. The molecule has 1 aromatic carbocycles. The number of nitrogens with zero attached hydrogens (tertiary/aromatic N) is 4. The molecule has 0 aliphatic rings. The molecule has 29 heavy (non-hydrogen) atoms. The molecule has 4 aromatic rings. The minimum Gasteiger partial charge on any atom is -0.588 e. The molecule has 0 fully saturated rings. The fraction of sp³-hybridized carbons (Fsp3) is 0.211. The summed E-state index contributed by atoms with van der Waals surface area (Å²) < 4.78 is 33.8. The van der Waals surface area contributed by atoms with Gasteiger partial charge in [0.25, 0.3) is 0 Å². The van der Waals surface area contributed by atoms with Gasteiger partial charge in [-0.3, -0.25) is 9.67 Å². The first-order chi connectivity index (χ1) is 14.1. The Hall–Kier alpha value is -3.24. The molecule has 0 aliphatic carbocycles. The highest BCUT2D eigenvalue weighted by atomic mass is 32.2. The number of fused-ring (bicyclic) bond motifs is 1. The summed E-state index contributed by atoms with van der Waals surface area (Å²) >= 11 is -1.66. The van der Waals surface area contributed by atoms with Gasteiger partial charge in [-0.15, -0.1) is 0 Å². The van der Waals surface area contributed by atoms with E-state index >= 15 is 0 Å². The number of ether oxygens (including phenoxy) is 2. The number of pyridine rings is 1. The SMILES string of the molecule is COc1cc(C)ncc1[S+]([O-])Nc1noc2cc(Cn3cccn3)cc(OC)c12. The summed E-state index contributed by atoms with van der Waals surface area (Å²) in [7, 11) is 3.08. The summed E-state index contributed by atoms with van der Waals surface area (Å²) in [5.74, 6) is 1.34. The Morgan fingerprint density at radius 3 is 2.76 bits per heavy atom. The lowest BCUT2D eigenvalue weighted by Gasteiger charge is -2.13. The summed E-state index contributed by atoms with van der Waals surface area (Å²) in [5.41, 5.74) is 2.21. The minimum absolute atomic E-state index is 0.309. The van der Waals surface area contributed by atoms with E-state index in [1.165, 1.54) is 13.3 Å². The monoisotopic (exact) mass is 413 g/mol. The molecule has 4 rings (SSSR count). The van der Waals surface area contributed by atoms with Crippen LogP contribution in [0, 0.1) is 6.92 Å². The van der Waals surface area contributed by atoms with Gasteiger partial charge in [0, 0.05) is 24.2 Å². The molecule has 0 saturated carbocycles. The minimum atomic E-state index is -1.66. The van der Waals surface area contributed by atoms with Crippen LogP contribution < -0.4 is 14.2 Å². The lowest BCUT2D eigenvalue weighted by atomic mass is 10.1. The van der Waals surface area contributed by atoms with Crippen LogP contribution in [-0.4, -0.2) is 38.7 Å². The van der Waals surface area contributed by atoms with Gasteiger partial charge in [-0.1, -0.05) is 5.16 Å². The highest BCUT2D eigenvalue weighted by Crippen LogP contribution is 2.35. The maximum atomic E-state index is 12.9. The van der Waals surface area contributed by atoms with Crippen LogP contribution in [0.3, 0.4) is 0 Å². The topological polar surface area (TPSA) is 110 Å². The summed E-state index contributed by atoms with van der Waals surface area (Å²) in [4.78, 5) is 4.60. The molecular weight excluding hydrogens is 394 g/mol. The summed E-state index contributed by atoms with van der Waals surface area (Å²) in [6.07, 6.45) is 5.10. The highest BCUT2D eigenvalue weighted by molar-refractivity contribution is 7.92. The number of methoxy groups -OCH3 is 2. The van der Waals surface area contributed by atoms with Gasteiger partial charge < -0.3 is 18.5 Å². The van der Waals surface area contributed by atoms with Gasteiger partial charge in [0.15, 0.2) is 11.3 Å². The average molecular weight is 413 g/mol. The van der Waals surface area contributed by atoms with Crippen molar-refractivity contribution < 1.29 is 18.5 Å². The smallest absolute Gasteiger partial charge is 0.239 e. The van der Waals surface area contributed by atoms with Gasteiger partial charge in [-0.25, -0.2) is 0 Å². The van der Waals surface area contributed by atoms with Crippen LogP contribution in [0.2, 0.25) is 0 Å². The number of hydrogen-bond acceptors (Lipinski definition) is 8. The first-order valence-electron chi connectivity index (χ1n) is 8.72. The standard InChI is InChI=1S/C19H19N5O4S/c1-12-7-14(26-2)17(10-20-12)29(25)23-19-18-15(27-3)8-13(9-16(18)28-22-19)11-24-6-4-5-21-24/h4-10H,11H2,1-3H3,(H,22,23). The van der Waals surface area contributed by atoms with Gasteiger partial charge >= 0.3 is 0 Å². The van der Waals surface area contributed by atoms with E-state index in [0.29, 0.717) is 39.7 Å². The third-order valence-corrected chi connectivity index (χ3v) is 5.38. The van der Waals surface area contributed by atoms with Crippen molar-refractivity contribution in [3.63, 3.8) is 0 Å². The maximum absolute atomic E-state index is 12.9. The van der Waals surface area contributed by atoms with E-state index in [2.05, 4.69) is 20.0 Å². The lowest BCUT2D eigenvalue weighted by Crippen LogP contribution is -2.15. The summed E-state index contributed by atoms with van der Waals surface area (Å²) in [6, 6.07) is 7.31. The van der Waals surface area contributed by atoms with E-state index in [9.17, 15) is 4.55 Å². The van der Waals surface area contributed by atoms with E-state index in [0.717, 1.165) is 11.3 Å². The number of benzene rings is 1. The van der Waals surface area contributed by atoms with E-state index < -0.39 is 11.4 Å². The van der Waals surface area contributed by atoms with E-state index in [4.69, 9.17) is 14.0 Å². The van der Waals surface area contributed by atoms with Crippen LogP contribution in [0.25, 0.3) is 11.0 Å². The van der Waals surface area contributed by atoms with Crippen molar-refractivity contribution in [3.05, 3.63) is 54.1 Å². The Morgan fingerprint density at radius 2 is 2.03 bits per heavy atom. The molecule has 0 saturated heterocycles. The molecule has 0 aliphatic heterocycles. The molecule has 0 radical (unpaired) electrons. The van der Waals surface area contributed by atoms with Crippen molar-refractivity contribution in [3.8, 4) is 11.5 Å². The van der Waals surface area contributed by atoms with Gasteiger partial charge in [-0.2, -0.15) is 9.82 Å². The predicted molar refractivity (Wildman–Crippen MR) is 107 cm³/mol. The van der Waals surface area contributed by atoms with E-state index in [1.807, 2.05) is 31.3 Å². The lowest BCUT2D eigenvalue weighted by molar-refractivity contribution is 0.401.